The summed E-state index contributed by atoms with van der Waals surface area (Å²) >= 11 is 0. The molecule has 98 valence electrons. The average Bonchev–Trinajstić information content (AvgIpc) is 2.60. The third-order valence-electron chi connectivity index (χ3n) is 4.73. The maximum Gasteiger partial charge on any atom is 0.0573 e. The molecule has 0 aromatic heterocycles. The molecule has 2 bridgehead atoms. The van der Waals surface area contributed by atoms with Crippen molar-refractivity contribution in [2.75, 3.05) is 6.54 Å². The van der Waals surface area contributed by atoms with Crippen molar-refractivity contribution in [2.45, 2.75) is 49.9 Å². The molecule has 1 aromatic rings. The number of nitrogens with zero attached hydrogens (tertiary/aromatic N) is 1. The predicted octanol–water partition coefficient (Wildman–Crippen LogP) is 1.50. The minimum absolute atomic E-state index is 0.0399. The molecule has 0 amide bonds. The highest BCUT2D eigenvalue weighted by Gasteiger charge is 2.50. The molecule has 18 heavy (non-hydrogen) atoms. The van der Waals surface area contributed by atoms with Crippen molar-refractivity contribution in [3.05, 3.63) is 35.9 Å². The van der Waals surface area contributed by atoms with Crippen molar-refractivity contribution in [1.82, 2.24) is 4.90 Å². The summed E-state index contributed by atoms with van der Waals surface area (Å²) in [5.41, 5.74) is 7.41. The van der Waals surface area contributed by atoms with Gasteiger partial charge in [0.25, 0.3) is 0 Å². The van der Waals surface area contributed by atoms with Crippen LogP contribution in [-0.2, 0) is 6.54 Å². The third kappa shape index (κ3) is 1.96. The first-order valence-electron chi connectivity index (χ1n) is 6.92. The van der Waals surface area contributed by atoms with Crippen LogP contribution in [0.2, 0.25) is 0 Å². The number of aliphatic hydroxyl groups is 1. The van der Waals surface area contributed by atoms with Gasteiger partial charge >= 0.3 is 0 Å². The zero-order valence-corrected chi connectivity index (χ0v) is 10.8. The normalized spacial score (nSPS) is 35.9. The highest BCUT2D eigenvalue weighted by Crippen LogP contribution is 2.44. The number of aliphatic hydroxyl groups excluding tert-OH is 1. The van der Waals surface area contributed by atoms with Crippen molar-refractivity contribution < 1.29 is 5.11 Å². The van der Waals surface area contributed by atoms with E-state index in [1.165, 1.54) is 12.0 Å². The molecule has 3 rings (SSSR count). The molecule has 3 atom stereocenters. The van der Waals surface area contributed by atoms with E-state index in [-0.39, 0.29) is 11.6 Å². The van der Waals surface area contributed by atoms with Crippen LogP contribution < -0.4 is 5.73 Å². The number of fused-ring (bicyclic) bond motifs is 2. The molecule has 0 aliphatic carbocycles. The van der Waals surface area contributed by atoms with Crippen molar-refractivity contribution in [1.29, 1.82) is 0 Å². The molecular formula is C15H22N2O. The molecule has 2 heterocycles. The summed E-state index contributed by atoms with van der Waals surface area (Å²) in [6.45, 7) is 1.63. The molecule has 3 heteroatoms. The molecule has 0 radical (unpaired) electrons. The summed E-state index contributed by atoms with van der Waals surface area (Å²) in [5.74, 6) is 0. The van der Waals surface area contributed by atoms with Crippen molar-refractivity contribution in [2.24, 2.45) is 5.73 Å². The molecule has 2 unspecified atom stereocenters. The van der Waals surface area contributed by atoms with Crippen LogP contribution in [0.1, 0.15) is 31.2 Å². The molecule has 0 saturated carbocycles. The van der Waals surface area contributed by atoms with E-state index < -0.39 is 0 Å². The van der Waals surface area contributed by atoms with Gasteiger partial charge in [0, 0.05) is 24.7 Å². The zero-order chi connectivity index (χ0) is 12.6. The average molecular weight is 246 g/mol. The summed E-state index contributed by atoms with van der Waals surface area (Å²) in [7, 11) is 0. The Labute approximate surface area is 109 Å². The number of rotatable bonds is 3. The number of hydrogen-bond acceptors (Lipinski definition) is 3. The number of hydrogen-bond donors (Lipinski definition) is 2. The van der Waals surface area contributed by atoms with Crippen LogP contribution in [0.4, 0.5) is 0 Å². The van der Waals surface area contributed by atoms with E-state index in [4.69, 9.17) is 5.73 Å². The van der Waals surface area contributed by atoms with Crippen molar-refractivity contribution in [3.63, 3.8) is 0 Å². The van der Waals surface area contributed by atoms with Crippen LogP contribution in [0.5, 0.6) is 0 Å². The van der Waals surface area contributed by atoms with Gasteiger partial charge in [-0.25, -0.2) is 0 Å². The maximum absolute atomic E-state index is 9.99. The number of piperidine rings is 1. The van der Waals surface area contributed by atoms with Gasteiger partial charge in [0.05, 0.1) is 6.10 Å². The van der Waals surface area contributed by atoms with Gasteiger partial charge in [-0.3, -0.25) is 4.90 Å². The van der Waals surface area contributed by atoms with Gasteiger partial charge in [-0.15, -0.1) is 0 Å². The van der Waals surface area contributed by atoms with Gasteiger partial charge in [-0.2, -0.15) is 0 Å². The Morgan fingerprint density at radius 2 is 2.11 bits per heavy atom. The van der Waals surface area contributed by atoms with E-state index in [2.05, 4.69) is 35.2 Å². The van der Waals surface area contributed by atoms with Gasteiger partial charge in [0.1, 0.15) is 0 Å². The summed E-state index contributed by atoms with van der Waals surface area (Å²) in [6.07, 6.45) is 3.91. The molecule has 3 nitrogen and oxygen atoms in total. The second-order valence-electron chi connectivity index (χ2n) is 5.83. The van der Waals surface area contributed by atoms with E-state index in [9.17, 15) is 5.11 Å². The summed E-state index contributed by atoms with van der Waals surface area (Å²) in [4.78, 5) is 2.55. The Balaban J connectivity index is 1.83. The standard InChI is InChI=1S/C15H22N2O/c16-11-15-7-6-13(8-14(18)9-15)17(15)10-12-4-2-1-3-5-12/h1-5,13-14,18H,6-11,16H2/t13?,14-,15?/m0/s1. The van der Waals surface area contributed by atoms with E-state index in [1.54, 1.807) is 0 Å². The SMILES string of the molecule is NCC12CCC(C[C@H](O)C1)N2Cc1ccccc1. The maximum atomic E-state index is 9.99. The topological polar surface area (TPSA) is 49.5 Å². The first kappa shape index (κ1) is 12.2. The molecule has 2 saturated heterocycles. The fourth-order valence-electron chi connectivity index (χ4n) is 3.80. The summed E-state index contributed by atoms with van der Waals surface area (Å²) < 4.78 is 0. The van der Waals surface area contributed by atoms with Gasteiger partial charge in [0.15, 0.2) is 0 Å². The third-order valence-corrected chi connectivity index (χ3v) is 4.73. The minimum atomic E-state index is -0.159. The van der Waals surface area contributed by atoms with Gasteiger partial charge in [-0.1, -0.05) is 30.3 Å². The Morgan fingerprint density at radius 3 is 2.83 bits per heavy atom. The lowest BCUT2D eigenvalue weighted by Crippen LogP contribution is -2.57. The molecule has 3 N–H and O–H groups in total. The minimum Gasteiger partial charge on any atom is -0.393 e. The van der Waals surface area contributed by atoms with Crippen LogP contribution in [0.15, 0.2) is 30.3 Å². The van der Waals surface area contributed by atoms with Gasteiger partial charge in [0.2, 0.25) is 0 Å². The first-order valence-corrected chi connectivity index (χ1v) is 6.92. The fourth-order valence-corrected chi connectivity index (χ4v) is 3.80. The van der Waals surface area contributed by atoms with E-state index in [0.29, 0.717) is 12.6 Å². The Bertz CT molecular complexity index is 408. The molecule has 0 spiro atoms. The van der Waals surface area contributed by atoms with E-state index in [0.717, 1.165) is 25.8 Å². The largest absolute Gasteiger partial charge is 0.393 e. The number of nitrogens with two attached hydrogens (primary N) is 1. The first-order chi connectivity index (χ1) is 8.73. The van der Waals surface area contributed by atoms with Crippen LogP contribution in [0.3, 0.4) is 0 Å². The monoisotopic (exact) mass is 246 g/mol. The molecule has 2 fully saturated rings. The second-order valence-corrected chi connectivity index (χ2v) is 5.83. The zero-order valence-electron chi connectivity index (χ0n) is 10.8. The van der Waals surface area contributed by atoms with E-state index in [1.807, 2.05) is 0 Å². The predicted molar refractivity (Wildman–Crippen MR) is 72.0 cm³/mol. The van der Waals surface area contributed by atoms with Crippen molar-refractivity contribution in [3.8, 4) is 0 Å². The quantitative estimate of drug-likeness (QED) is 0.850. The van der Waals surface area contributed by atoms with Crippen molar-refractivity contribution >= 4 is 0 Å². The fraction of sp³-hybridized carbons (Fsp3) is 0.600. The molecular weight excluding hydrogens is 224 g/mol. The lowest BCUT2D eigenvalue weighted by molar-refractivity contribution is -0.0203. The Kier molecular flexibility index (Phi) is 3.14. The van der Waals surface area contributed by atoms with Crippen LogP contribution in [-0.4, -0.2) is 34.2 Å². The van der Waals surface area contributed by atoms with Gasteiger partial charge in [-0.05, 0) is 31.2 Å². The lowest BCUT2D eigenvalue weighted by atomic mass is 9.86. The van der Waals surface area contributed by atoms with Crippen LogP contribution in [0, 0.1) is 0 Å². The number of benzene rings is 1. The van der Waals surface area contributed by atoms with Crippen LogP contribution >= 0.6 is 0 Å². The Hall–Kier alpha value is -0.900. The highest BCUT2D eigenvalue weighted by molar-refractivity contribution is 5.17. The van der Waals surface area contributed by atoms with E-state index >= 15 is 0 Å². The van der Waals surface area contributed by atoms with Gasteiger partial charge < -0.3 is 10.8 Å². The molecule has 2 aliphatic heterocycles. The smallest absolute Gasteiger partial charge is 0.0573 e. The Morgan fingerprint density at radius 1 is 1.33 bits per heavy atom. The lowest BCUT2D eigenvalue weighted by Gasteiger charge is -2.46. The second kappa shape index (κ2) is 4.65. The molecule has 1 aromatic carbocycles. The summed E-state index contributed by atoms with van der Waals surface area (Å²) in [5, 5.41) is 9.99. The van der Waals surface area contributed by atoms with Crippen LogP contribution in [0.25, 0.3) is 0 Å². The summed E-state index contributed by atoms with van der Waals surface area (Å²) in [6, 6.07) is 11.1. The molecule has 2 aliphatic rings. The highest BCUT2D eigenvalue weighted by atomic mass is 16.3.